The van der Waals surface area contributed by atoms with Gasteiger partial charge in [-0.05, 0) is 18.2 Å². The van der Waals surface area contributed by atoms with Gasteiger partial charge < -0.3 is 20.1 Å². The van der Waals surface area contributed by atoms with E-state index in [0.717, 1.165) is 0 Å². The molecule has 0 aliphatic carbocycles. The summed E-state index contributed by atoms with van der Waals surface area (Å²) in [6.45, 7) is 1.69. The van der Waals surface area contributed by atoms with E-state index < -0.39 is 12.1 Å². The van der Waals surface area contributed by atoms with Crippen molar-refractivity contribution in [3.8, 4) is 0 Å². The minimum atomic E-state index is -0.464. The number of benzene rings is 1. The average molecular weight is 256 g/mol. The Hall–Kier alpha value is -1.66. The van der Waals surface area contributed by atoms with Gasteiger partial charge in [0.25, 0.3) is 0 Å². The van der Waals surface area contributed by atoms with Crippen LogP contribution in [-0.4, -0.2) is 33.0 Å². The monoisotopic (exact) mass is 256 g/mol. The summed E-state index contributed by atoms with van der Waals surface area (Å²) in [5.74, 6) is -0.616. The molecule has 0 saturated heterocycles. The number of ether oxygens (including phenoxy) is 2. The zero-order valence-corrected chi connectivity index (χ0v) is 10.6. The van der Waals surface area contributed by atoms with Gasteiger partial charge in [0.15, 0.2) is 6.29 Å². The van der Waals surface area contributed by atoms with Crippen molar-refractivity contribution in [1.29, 1.82) is 0 Å². The fourth-order valence-electron chi connectivity index (χ4n) is 1.40. The van der Waals surface area contributed by atoms with Gasteiger partial charge in [-0.25, -0.2) is 4.39 Å². The molecule has 18 heavy (non-hydrogen) atoms. The number of methoxy groups -OCH3 is 2. The third-order valence-corrected chi connectivity index (χ3v) is 2.27. The van der Waals surface area contributed by atoms with E-state index in [0.29, 0.717) is 12.2 Å². The van der Waals surface area contributed by atoms with Gasteiger partial charge in [-0.15, -0.1) is 0 Å². The van der Waals surface area contributed by atoms with Gasteiger partial charge >= 0.3 is 0 Å². The number of halogens is 1. The van der Waals surface area contributed by atoms with Crippen LogP contribution in [0.5, 0.6) is 0 Å². The van der Waals surface area contributed by atoms with E-state index in [9.17, 15) is 9.18 Å². The number of hydrogen-bond donors (Lipinski definition) is 2. The van der Waals surface area contributed by atoms with E-state index in [1.54, 1.807) is 0 Å². The van der Waals surface area contributed by atoms with Crippen molar-refractivity contribution in [2.24, 2.45) is 0 Å². The molecule has 1 amide bonds. The summed E-state index contributed by atoms with van der Waals surface area (Å²) < 4.78 is 23.5. The van der Waals surface area contributed by atoms with Crippen LogP contribution in [0.3, 0.4) is 0 Å². The van der Waals surface area contributed by atoms with Crippen LogP contribution in [0.2, 0.25) is 0 Å². The summed E-state index contributed by atoms with van der Waals surface area (Å²) in [4.78, 5) is 10.9. The molecule has 0 spiro atoms. The van der Waals surface area contributed by atoms with Crippen LogP contribution < -0.4 is 10.6 Å². The first-order valence-corrected chi connectivity index (χ1v) is 5.43. The molecule has 0 bridgehead atoms. The molecule has 5 nitrogen and oxygen atoms in total. The first kappa shape index (κ1) is 14.4. The Kier molecular flexibility index (Phi) is 5.54. The standard InChI is InChI=1S/C12H17FN2O3/c1-8(16)15-9-4-5-10(13)11(6-9)14-7-12(17-2)18-3/h4-6,12,14H,7H2,1-3H3,(H,15,16). The third kappa shape index (κ3) is 4.31. The highest BCUT2D eigenvalue weighted by Gasteiger charge is 2.08. The van der Waals surface area contributed by atoms with E-state index in [1.165, 1.54) is 39.3 Å². The van der Waals surface area contributed by atoms with Crippen LogP contribution in [0, 0.1) is 5.82 Å². The summed E-state index contributed by atoms with van der Waals surface area (Å²) in [5.41, 5.74) is 0.804. The van der Waals surface area contributed by atoms with Crippen molar-refractivity contribution in [2.45, 2.75) is 13.2 Å². The molecule has 0 fully saturated rings. The van der Waals surface area contributed by atoms with Crippen molar-refractivity contribution in [3.63, 3.8) is 0 Å². The zero-order valence-electron chi connectivity index (χ0n) is 10.6. The lowest BCUT2D eigenvalue weighted by Crippen LogP contribution is -2.24. The minimum Gasteiger partial charge on any atom is -0.378 e. The lowest BCUT2D eigenvalue weighted by molar-refractivity contribution is -0.114. The maximum Gasteiger partial charge on any atom is 0.221 e. The quantitative estimate of drug-likeness (QED) is 0.762. The molecule has 2 N–H and O–H groups in total. The van der Waals surface area contributed by atoms with Gasteiger partial charge in [0.2, 0.25) is 5.91 Å². The van der Waals surface area contributed by atoms with Crippen LogP contribution >= 0.6 is 0 Å². The lowest BCUT2D eigenvalue weighted by atomic mass is 10.2. The van der Waals surface area contributed by atoms with Gasteiger partial charge in [0.05, 0.1) is 12.2 Å². The summed E-state index contributed by atoms with van der Waals surface area (Å²) in [5, 5.41) is 5.43. The maximum atomic E-state index is 13.5. The molecule has 1 aromatic carbocycles. The van der Waals surface area contributed by atoms with Gasteiger partial charge in [-0.3, -0.25) is 4.79 Å². The number of amides is 1. The summed E-state index contributed by atoms with van der Waals surface area (Å²) >= 11 is 0. The molecule has 0 aliphatic rings. The van der Waals surface area contributed by atoms with Crippen LogP contribution in [-0.2, 0) is 14.3 Å². The van der Waals surface area contributed by atoms with Gasteiger partial charge in [0, 0.05) is 26.8 Å². The maximum absolute atomic E-state index is 13.5. The Morgan fingerprint density at radius 1 is 1.39 bits per heavy atom. The third-order valence-electron chi connectivity index (χ3n) is 2.27. The van der Waals surface area contributed by atoms with E-state index in [1.807, 2.05) is 0 Å². The van der Waals surface area contributed by atoms with Crippen molar-refractivity contribution >= 4 is 17.3 Å². The molecule has 0 saturated carbocycles. The molecular weight excluding hydrogens is 239 g/mol. The number of hydrogen-bond acceptors (Lipinski definition) is 4. The highest BCUT2D eigenvalue weighted by Crippen LogP contribution is 2.19. The van der Waals surface area contributed by atoms with Gasteiger partial charge in [-0.1, -0.05) is 0 Å². The predicted octanol–water partition coefficient (Wildman–Crippen LogP) is 1.81. The summed E-state index contributed by atoms with van der Waals surface area (Å²) in [6.07, 6.45) is -0.464. The molecule has 6 heteroatoms. The number of anilines is 2. The highest BCUT2D eigenvalue weighted by atomic mass is 19.1. The van der Waals surface area contributed by atoms with Crippen LogP contribution in [0.15, 0.2) is 18.2 Å². The Bertz CT molecular complexity index is 408. The van der Waals surface area contributed by atoms with Crippen molar-refractivity contribution in [1.82, 2.24) is 0 Å². The molecule has 0 heterocycles. The largest absolute Gasteiger partial charge is 0.378 e. The van der Waals surface area contributed by atoms with Crippen LogP contribution in [0.25, 0.3) is 0 Å². The van der Waals surface area contributed by atoms with E-state index in [2.05, 4.69) is 10.6 Å². The summed E-state index contributed by atoms with van der Waals surface area (Å²) in [7, 11) is 3.00. The van der Waals surface area contributed by atoms with Crippen molar-refractivity contribution in [2.75, 3.05) is 31.4 Å². The van der Waals surface area contributed by atoms with E-state index in [-0.39, 0.29) is 11.6 Å². The second-order valence-corrected chi connectivity index (χ2v) is 3.66. The molecule has 0 aromatic heterocycles. The Morgan fingerprint density at radius 3 is 2.61 bits per heavy atom. The van der Waals surface area contributed by atoms with Crippen LogP contribution in [0.1, 0.15) is 6.92 Å². The first-order valence-electron chi connectivity index (χ1n) is 5.43. The molecule has 100 valence electrons. The molecule has 0 unspecified atom stereocenters. The fraction of sp³-hybridized carbons (Fsp3) is 0.417. The average Bonchev–Trinajstić information content (AvgIpc) is 2.33. The molecule has 0 aliphatic heterocycles. The van der Waals surface area contributed by atoms with Crippen molar-refractivity contribution in [3.05, 3.63) is 24.0 Å². The normalized spacial score (nSPS) is 10.5. The smallest absolute Gasteiger partial charge is 0.221 e. The minimum absolute atomic E-state index is 0.209. The number of carbonyl (C=O) groups is 1. The topological polar surface area (TPSA) is 59.6 Å². The number of carbonyl (C=O) groups excluding carboxylic acids is 1. The summed E-state index contributed by atoms with van der Waals surface area (Å²) in [6, 6.07) is 4.29. The predicted molar refractivity (Wildman–Crippen MR) is 67.0 cm³/mol. The van der Waals surface area contributed by atoms with Crippen molar-refractivity contribution < 1.29 is 18.7 Å². The first-order chi connectivity index (χ1) is 8.56. The highest BCUT2D eigenvalue weighted by molar-refractivity contribution is 5.89. The SMILES string of the molecule is COC(CNc1cc(NC(C)=O)ccc1F)OC. The van der Waals surface area contributed by atoms with E-state index in [4.69, 9.17) is 9.47 Å². The second-order valence-electron chi connectivity index (χ2n) is 3.66. The van der Waals surface area contributed by atoms with E-state index >= 15 is 0 Å². The number of rotatable bonds is 6. The molecular formula is C12H17FN2O3. The van der Waals surface area contributed by atoms with Crippen LogP contribution in [0.4, 0.5) is 15.8 Å². The zero-order chi connectivity index (χ0) is 13.5. The Balaban J connectivity index is 2.71. The number of nitrogens with one attached hydrogen (secondary N) is 2. The Labute approximate surface area is 105 Å². The lowest BCUT2D eigenvalue weighted by Gasteiger charge is -2.16. The second kappa shape index (κ2) is 6.93. The Morgan fingerprint density at radius 2 is 2.06 bits per heavy atom. The van der Waals surface area contributed by atoms with Gasteiger partial charge in [0.1, 0.15) is 5.82 Å². The van der Waals surface area contributed by atoms with Gasteiger partial charge in [-0.2, -0.15) is 0 Å². The molecule has 0 radical (unpaired) electrons. The molecule has 1 rings (SSSR count). The fourth-order valence-corrected chi connectivity index (χ4v) is 1.40. The molecule has 1 aromatic rings. The molecule has 0 atom stereocenters.